The number of hydrazine groups is 1. The highest BCUT2D eigenvalue weighted by molar-refractivity contribution is 7.99. The van der Waals surface area contributed by atoms with E-state index in [9.17, 15) is 14.4 Å². The molecule has 3 rings (SSSR count). The van der Waals surface area contributed by atoms with Gasteiger partial charge in [-0.3, -0.25) is 19.5 Å². The van der Waals surface area contributed by atoms with Crippen molar-refractivity contribution < 1.29 is 14.4 Å². The highest BCUT2D eigenvalue weighted by Crippen LogP contribution is 2.23. The number of hydrogen-bond donors (Lipinski definition) is 3. The summed E-state index contributed by atoms with van der Waals surface area (Å²) in [4.78, 5) is 35.4. The summed E-state index contributed by atoms with van der Waals surface area (Å²) in [6, 6.07) is 8.85. The first-order valence-electron chi connectivity index (χ1n) is 8.85. The second kappa shape index (κ2) is 9.24. The van der Waals surface area contributed by atoms with E-state index in [1.807, 2.05) is 43.3 Å². The minimum atomic E-state index is -0.570. The predicted molar refractivity (Wildman–Crippen MR) is 107 cm³/mol. The number of urea groups is 1. The first kappa shape index (κ1) is 20.4. The minimum absolute atomic E-state index is 0.0128. The monoisotopic (exact) mass is 415 g/mol. The zero-order chi connectivity index (χ0) is 20.8. The van der Waals surface area contributed by atoms with E-state index in [2.05, 4.69) is 26.3 Å². The van der Waals surface area contributed by atoms with Gasteiger partial charge in [-0.1, -0.05) is 36.0 Å². The van der Waals surface area contributed by atoms with Crippen molar-refractivity contribution in [3.63, 3.8) is 0 Å². The first-order valence-corrected chi connectivity index (χ1v) is 9.84. The number of amides is 4. The normalized spacial score (nSPS) is 13.5. The molecule has 0 spiro atoms. The molecule has 0 unspecified atom stereocenters. The highest BCUT2D eigenvalue weighted by Gasteiger charge is 2.23. The number of aromatic nitrogens is 3. The van der Waals surface area contributed by atoms with Gasteiger partial charge < -0.3 is 10.7 Å². The molecule has 0 saturated carbocycles. The van der Waals surface area contributed by atoms with Gasteiger partial charge in [0.25, 0.3) is 0 Å². The first-order chi connectivity index (χ1) is 14.0. The summed E-state index contributed by atoms with van der Waals surface area (Å²) < 4.78 is 1.79. The van der Waals surface area contributed by atoms with E-state index in [0.29, 0.717) is 17.4 Å². The molecular weight excluding hydrogens is 394 g/mol. The number of allylic oxidation sites excluding steroid dienone is 1. The van der Waals surface area contributed by atoms with Crippen LogP contribution in [-0.4, -0.2) is 50.4 Å². The number of nitrogens with one attached hydrogen (secondary N) is 3. The number of benzene rings is 1. The Morgan fingerprint density at radius 2 is 2.00 bits per heavy atom. The number of para-hydroxylation sites is 1. The van der Waals surface area contributed by atoms with E-state index >= 15 is 0 Å². The Balaban J connectivity index is 1.82. The lowest BCUT2D eigenvalue weighted by Gasteiger charge is -2.27. The smallest absolute Gasteiger partial charge is 0.321 e. The van der Waals surface area contributed by atoms with Crippen molar-refractivity contribution in [2.75, 3.05) is 12.8 Å². The molecule has 1 aliphatic rings. The van der Waals surface area contributed by atoms with Gasteiger partial charge in [0.2, 0.25) is 11.8 Å². The molecule has 1 aromatic carbocycles. The van der Waals surface area contributed by atoms with E-state index in [-0.39, 0.29) is 18.2 Å². The SMILES string of the molecule is CNC(=O)NC(=O)CSc1nnc(CN2NC(C)=CCC2=O)n1-c1ccccc1. The molecule has 2 heterocycles. The van der Waals surface area contributed by atoms with E-state index in [0.717, 1.165) is 23.1 Å². The molecule has 0 aliphatic carbocycles. The lowest BCUT2D eigenvalue weighted by molar-refractivity contribution is -0.134. The summed E-state index contributed by atoms with van der Waals surface area (Å²) in [5.74, 6) is 0.00619. The van der Waals surface area contributed by atoms with Crippen LogP contribution < -0.4 is 16.1 Å². The van der Waals surface area contributed by atoms with Gasteiger partial charge in [-0.15, -0.1) is 10.2 Å². The van der Waals surface area contributed by atoms with Crippen LogP contribution in [0.3, 0.4) is 0 Å². The molecule has 1 aromatic heterocycles. The molecule has 3 N–H and O–H groups in total. The lowest BCUT2D eigenvalue weighted by Crippen LogP contribution is -2.44. The van der Waals surface area contributed by atoms with Crippen molar-refractivity contribution in [2.45, 2.75) is 25.0 Å². The maximum Gasteiger partial charge on any atom is 0.321 e. The topological polar surface area (TPSA) is 121 Å². The fourth-order valence-electron chi connectivity index (χ4n) is 2.63. The van der Waals surface area contributed by atoms with Gasteiger partial charge >= 0.3 is 6.03 Å². The van der Waals surface area contributed by atoms with Crippen molar-refractivity contribution in [1.82, 2.24) is 35.8 Å². The van der Waals surface area contributed by atoms with Crippen molar-refractivity contribution in [1.29, 1.82) is 0 Å². The summed E-state index contributed by atoms with van der Waals surface area (Å²) in [6.45, 7) is 2.09. The standard InChI is InChI=1S/C18H21N7O3S/c1-12-8-9-16(27)24(23-12)10-14-21-22-18(25(14)13-6-4-3-5-7-13)29-11-15(26)20-17(28)19-2/h3-8,23H,9-11H2,1-2H3,(H2,19,20,26,28). The molecule has 152 valence electrons. The highest BCUT2D eigenvalue weighted by atomic mass is 32.2. The molecule has 4 amide bonds. The third-order valence-electron chi connectivity index (χ3n) is 4.02. The summed E-state index contributed by atoms with van der Waals surface area (Å²) >= 11 is 1.15. The summed E-state index contributed by atoms with van der Waals surface area (Å²) in [7, 11) is 1.43. The van der Waals surface area contributed by atoms with Crippen LogP contribution in [0.1, 0.15) is 19.2 Å². The largest absolute Gasteiger partial charge is 0.341 e. The van der Waals surface area contributed by atoms with E-state index in [1.54, 1.807) is 4.57 Å². The number of hydrogen-bond acceptors (Lipinski definition) is 7. The zero-order valence-corrected chi connectivity index (χ0v) is 16.8. The van der Waals surface area contributed by atoms with Gasteiger partial charge in [-0.2, -0.15) is 0 Å². The second-order valence-corrected chi connectivity index (χ2v) is 7.11. The molecule has 2 aromatic rings. The summed E-state index contributed by atoms with van der Waals surface area (Å²) in [5, 5.41) is 14.9. The maximum atomic E-state index is 12.2. The van der Waals surface area contributed by atoms with Crippen LogP contribution >= 0.6 is 11.8 Å². The third kappa shape index (κ3) is 5.13. The molecule has 0 fully saturated rings. The predicted octanol–water partition coefficient (Wildman–Crippen LogP) is 0.956. The Morgan fingerprint density at radius 3 is 2.72 bits per heavy atom. The molecule has 29 heavy (non-hydrogen) atoms. The van der Waals surface area contributed by atoms with Crippen molar-refractivity contribution in [3.05, 3.63) is 47.9 Å². The average molecular weight is 415 g/mol. The van der Waals surface area contributed by atoms with E-state index < -0.39 is 11.9 Å². The molecule has 0 radical (unpaired) electrons. The number of nitrogens with zero attached hydrogens (tertiary/aromatic N) is 4. The van der Waals surface area contributed by atoms with Crippen LogP contribution in [-0.2, 0) is 16.1 Å². The van der Waals surface area contributed by atoms with Crippen LogP contribution in [0.4, 0.5) is 4.79 Å². The number of carbonyl (C=O) groups excluding carboxylic acids is 3. The molecule has 11 heteroatoms. The molecule has 10 nitrogen and oxygen atoms in total. The van der Waals surface area contributed by atoms with Crippen LogP contribution in [0, 0.1) is 0 Å². The van der Waals surface area contributed by atoms with Gasteiger partial charge in [0.1, 0.15) is 6.54 Å². The van der Waals surface area contributed by atoms with Gasteiger partial charge in [0.05, 0.1) is 5.75 Å². The van der Waals surface area contributed by atoms with E-state index in [4.69, 9.17) is 0 Å². The molecule has 0 atom stereocenters. The van der Waals surface area contributed by atoms with Crippen molar-refractivity contribution >= 4 is 29.6 Å². The molecule has 0 bridgehead atoms. The second-order valence-electron chi connectivity index (χ2n) is 6.17. The Hall–Kier alpha value is -3.34. The van der Waals surface area contributed by atoms with Crippen LogP contribution in [0.5, 0.6) is 0 Å². The maximum absolute atomic E-state index is 12.2. The Bertz CT molecular complexity index is 942. The van der Waals surface area contributed by atoms with Crippen LogP contribution in [0.2, 0.25) is 0 Å². The number of imide groups is 1. The Labute approximate surface area is 171 Å². The summed E-state index contributed by atoms with van der Waals surface area (Å²) in [6.07, 6.45) is 2.15. The Morgan fingerprint density at radius 1 is 1.24 bits per heavy atom. The number of rotatable bonds is 6. The van der Waals surface area contributed by atoms with E-state index in [1.165, 1.54) is 12.1 Å². The lowest BCUT2D eigenvalue weighted by atomic mass is 10.2. The zero-order valence-electron chi connectivity index (χ0n) is 16.0. The van der Waals surface area contributed by atoms with Gasteiger partial charge in [0, 0.05) is 24.9 Å². The van der Waals surface area contributed by atoms with Crippen LogP contribution in [0.25, 0.3) is 5.69 Å². The molecule has 1 aliphatic heterocycles. The quantitative estimate of drug-likeness (QED) is 0.601. The average Bonchev–Trinajstić information content (AvgIpc) is 3.12. The summed E-state index contributed by atoms with van der Waals surface area (Å²) in [5.41, 5.74) is 4.72. The molecule has 0 saturated heterocycles. The van der Waals surface area contributed by atoms with Gasteiger partial charge in [0.15, 0.2) is 11.0 Å². The van der Waals surface area contributed by atoms with Gasteiger partial charge in [-0.05, 0) is 19.1 Å². The van der Waals surface area contributed by atoms with Crippen molar-refractivity contribution in [3.8, 4) is 5.69 Å². The van der Waals surface area contributed by atoms with Crippen molar-refractivity contribution in [2.24, 2.45) is 0 Å². The molecular formula is C18H21N7O3S. The Kier molecular flexibility index (Phi) is 6.50. The van der Waals surface area contributed by atoms with Crippen LogP contribution in [0.15, 0.2) is 47.3 Å². The number of carbonyl (C=O) groups is 3. The minimum Gasteiger partial charge on any atom is -0.341 e. The third-order valence-corrected chi connectivity index (χ3v) is 4.95. The van der Waals surface area contributed by atoms with Gasteiger partial charge in [-0.25, -0.2) is 9.80 Å². The number of thioether (sulfide) groups is 1. The fraction of sp³-hybridized carbons (Fsp3) is 0.278. The fourth-order valence-corrected chi connectivity index (χ4v) is 3.40.